The number of hydrogen-bond donors (Lipinski definition) is 1. The second-order valence-electron chi connectivity index (χ2n) is 4.00. The molecule has 0 aromatic carbocycles. The van der Waals surface area contributed by atoms with Gasteiger partial charge in [-0.25, -0.2) is 0 Å². The number of anilines is 1. The number of rotatable bonds is 2. The van der Waals surface area contributed by atoms with Gasteiger partial charge in [0.25, 0.3) is 0 Å². The maximum absolute atomic E-state index is 11.7. The van der Waals surface area contributed by atoms with Gasteiger partial charge in [0.2, 0.25) is 5.91 Å². The summed E-state index contributed by atoms with van der Waals surface area (Å²) in [5, 5.41) is 9.33. The van der Waals surface area contributed by atoms with Crippen LogP contribution in [-0.2, 0) is 9.59 Å². The average Bonchev–Trinajstić information content (AvgIpc) is 2.64. The molecule has 90 valence electrons. The van der Waals surface area contributed by atoms with E-state index in [0.29, 0.717) is 16.4 Å². The summed E-state index contributed by atoms with van der Waals surface area (Å²) in [6.45, 7) is 1.93. The Balaban J connectivity index is 2.32. The van der Waals surface area contributed by atoms with Crippen molar-refractivity contribution in [1.29, 1.82) is 0 Å². The molecule has 1 amide bonds. The summed E-state index contributed by atoms with van der Waals surface area (Å²) < 4.78 is 0. The molecule has 1 atom stereocenters. The van der Waals surface area contributed by atoms with Gasteiger partial charge in [-0.3, -0.25) is 14.6 Å². The Kier molecular flexibility index (Phi) is 3.02. The third-order valence-electron chi connectivity index (χ3n) is 2.79. The molecule has 1 aromatic rings. The van der Waals surface area contributed by atoms with Gasteiger partial charge in [0.05, 0.1) is 22.3 Å². The van der Waals surface area contributed by atoms with E-state index in [0.717, 1.165) is 0 Å². The minimum Gasteiger partial charge on any atom is -0.481 e. The van der Waals surface area contributed by atoms with E-state index in [9.17, 15) is 9.59 Å². The van der Waals surface area contributed by atoms with Crippen LogP contribution in [0.5, 0.6) is 0 Å². The maximum Gasteiger partial charge on any atom is 0.308 e. The zero-order valence-corrected chi connectivity index (χ0v) is 9.94. The number of carboxylic acid groups (broad SMARTS) is 1. The van der Waals surface area contributed by atoms with Crippen molar-refractivity contribution in [2.24, 2.45) is 5.92 Å². The van der Waals surface area contributed by atoms with Crippen molar-refractivity contribution < 1.29 is 14.7 Å². The second-order valence-corrected chi connectivity index (χ2v) is 4.44. The van der Waals surface area contributed by atoms with Crippen LogP contribution in [0, 0.1) is 12.8 Å². The van der Waals surface area contributed by atoms with Gasteiger partial charge in [-0.05, 0) is 13.0 Å². The van der Waals surface area contributed by atoms with E-state index in [2.05, 4.69) is 4.98 Å². The van der Waals surface area contributed by atoms with E-state index >= 15 is 0 Å². The number of pyridine rings is 1. The molecule has 17 heavy (non-hydrogen) atoms. The van der Waals surface area contributed by atoms with Crippen molar-refractivity contribution >= 4 is 29.2 Å². The number of carbonyl (C=O) groups excluding carboxylic acids is 1. The molecule has 1 saturated heterocycles. The lowest BCUT2D eigenvalue weighted by Crippen LogP contribution is -2.26. The van der Waals surface area contributed by atoms with Gasteiger partial charge in [-0.1, -0.05) is 11.6 Å². The molecule has 0 saturated carbocycles. The van der Waals surface area contributed by atoms with Crippen molar-refractivity contribution in [2.45, 2.75) is 13.3 Å². The Bertz CT molecular complexity index is 490. The lowest BCUT2D eigenvalue weighted by atomic mass is 10.1. The molecule has 1 aliphatic heterocycles. The molecule has 0 bridgehead atoms. The van der Waals surface area contributed by atoms with Crippen LogP contribution in [0.3, 0.4) is 0 Å². The quantitative estimate of drug-likeness (QED) is 0.868. The highest BCUT2D eigenvalue weighted by Crippen LogP contribution is 2.28. The molecule has 1 N–H and O–H groups in total. The van der Waals surface area contributed by atoms with Crippen molar-refractivity contribution in [1.82, 2.24) is 4.98 Å². The van der Waals surface area contributed by atoms with Crippen LogP contribution in [-0.4, -0.2) is 28.5 Å². The number of amides is 1. The number of aromatic nitrogens is 1. The van der Waals surface area contributed by atoms with Crippen LogP contribution in [0.1, 0.15) is 12.1 Å². The molecule has 1 fully saturated rings. The molecule has 1 unspecified atom stereocenters. The Hall–Kier alpha value is -1.62. The molecule has 1 aromatic heterocycles. The highest BCUT2D eigenvalue weighted by atomic mass is 35.5. The first-order chi connectivity index (χ1) is 7.99. The van der Waals surface area contributed by atoms with Gasteiger partial charge < -0.3 is 10.0 Å². The molecule has 0 aliphatic carbocycles. The van der Waals surface area contributed by atoms with Crippen molar-refractivity contribution in [3.05, 3.63) is 23.0 Å². The van der Waals surface area contributed by atoms with Crippen LogP contribution in [0.15, 0.2) is 12.3 Å². The highest BCUT2D eigenvalue weighted by Gasteiger charge is 2.35. The average molecular weight is 255 g/mol. The van der Waals surface area contributed by atoms with E-state index in [4.69, 9.17) is 16.7 Å². The zero-order chi connectivity index (χ0) is 12.6. The number of carbonyl (C=O) groups is 2. The molecular weight excluding hydrogens is 244 g/mol. The fourth-order valence-corrected chi connectivity index (χ4v) is 2.03. The maximum atomic E-state index is 11.7. The fraction of sp³-hybridized carbons (Fsp3) is 0.364. The van der Waals surface area contributed by atoms with Gasteiger partial charge in [-0.15, -0.1) is 0 Å². The topological polar surface area (TPSA) is 70.5 Å². The van der Waals surface area contributed by atoms with E-state index in [-0.39, 0.29) is 18.9 Å². The summed E-state index contributed by atoms with van der Waals surface area (Å²) in [6.07, 6.45) is 1.52. The summed E-state index contributed by atoms with van der Waals surface area (Å²) >= 11 is 5.83. The molecule has 5 nitrogen and oxygen atoms in total. The molecule has 0 radical (unpaired) electrons. The van der Waals surface area contributed by atoms with Gasteiger partial charge in [0, 0.05) is 19.2 Å². The highest BCUT2D eigenvalue weighted by molar-refractivity contribution is 6.30. The smallest absolute Gasteiger partial charge is 0.308 e. The summed E-state index contributed by atoms with van der Waals surface area (Å²) in [6, 6.07) is 1.63. The normalized spacial score (nSPS) is 19.8. The number of aryl methyl sites for hydroxylation is 1. The number of carboxylic acids is 1. The Labute approximate surface area is 103 Å². The molecule has 6 heteroatoms. The number of nitrogens with zero attached hydrogens (tertiary/aromatic N) is 2. The third kappa shape index (κ3) is 2.24. The predicted molar refractivity (Wildman–Crippen MR) is 62.1 cm³/mol. The largest absolute Gasteiger partial charge is 0.481 e. The Morgan fingerprint density at radius 1 is 1.65 bits per heavy atom. The van der Waals surface area contributed by atoms with Crippen LogP contribution in [0.4, 0.5) is 5.69 Å². The Morgan fingerprint density at radius 2 is 2.35 bits per heavy atom. The van der Waals surface area contributed by atoms with Crippen LogP contribution < -0.4 is 4.90 Å². The van der Waals surface area contributed by atoms with Gasteiger partial charge in [0.15, 0.2) is 0 Å². The van der Waals surface area contributed by atoms with Gasteiger partial charge in [0.1, 0.15) is 0 Å². The molecule has 0 spiro atoms. The van der Waals surface area contributed by atoms with Gasteiger partial charge in [-0.2, -0.15) is 0 Å². The lowest BCUT2D eigenvalue weighted by molar-refractivity contribution is -0.141. The van der Waals surface area contributed by atoms with Gasteiger partial charge >= 0.3 is 5.97 Å². The monoisotopic (exact) mass is 254 g/mol. The van der Waals surface area contributed by atoms with Crippen molar-refractivity contribution in [2.75, 3.05) is 11.4 Å². The summed E-state index contributed by atoms with van der Waals surface area (Å²) in [5.74, 6) is -1.81. The SMILES string of the molecule is Cc1ncc(Cl)cc1N1CC(C(=O)O)CC1=O. The van der Waals surface area contributed by atoms with E-state index < -0.39 is 11.9 Å². The number of halogens is 1. The lowest BCUT2D eigenvalue weighted by Gasteiger charge is -2.18. The van der Waals surface area contributed by atoms with Crippen LogP contribution in [0.2, 0.25) is 5.02 Å². The van der Waals surface area contributed by atoms with Crippen molar-refractivity contribution in [3.8, 4) is 0 Å². The van der Waals surface area contributed by atoms with E-state index in [1.165, 1.54) is 11.1 Å². The first-order valence-electron chi connectivity index (χ1n) is 5.14. The minimum atomic E-state index is -0.950. The number of hydrogen-bond acceptors (Lipinski definition) is 3. The summed E-state index contributed by atoms with van der Waals surface area (Å²) in [5.41, 5.74) is 1.25. The number of aliphatic carboxylic acids is 1. The molecule has 2 heterocycles. The fourth-order valence-electron chi connectivity index (χ4n) is 1.88. The molecule has 1 aliphatic rings. The first-order valence-corrected chi connectivity index (χ1v) is 5.52. The predicted octanol–water partition coefficient (Wildman–Crippen LogP) is 1.48. The van der Waals surface area contributed by atoms with Crippen molar-refractivity contribution in [3.63, 3.8) is 0 Å². The third-order valence-corrected chi connectivity index (χ3v) is 3.00. The zero-order valence-electron chi connectivity index (χ0n) is 9.18. The van der Waals surface area contributed by atoms with E-state index in [1.807, 2.05) is 0 Å². The molecular formula is C11H11ClN2O3. The second kappa shape index (κ2) is 4.33. The van der Waals surface area contributed by atoms with Crippen LogP contribution in [0.25, 0.3) is 0 Å². The summed E-state index contributed by atoms with van der Waals surface area (Å²) in [4.78, 5) is 28.1. The molecule has 2 rings (SSSR count). The van der Waals surface area contributed by atoms with Crippen LogP contribution >= 0.6 is 11.6 Å². The minimum absolute atomic E-state index is 0.0291. The Morgan fingerprint density at radius 3 is 2.94 bits per heavy atom. The first kappa shape index (κ1) is 11.9. The summed E-state index contributed by atoms with van der Waals surface area (Å²) in [7, 11) is 0. The van der Waals surface area contributed by atoms with E-state index in [1.54, 1.807) is 13.0 Å². The standard InChI is InChI=1S/C11H11ClN2O3/c1-6-9(3-8(12)4-13-6)14-5-7(11(16)17)2-10(14)15/h3-4,7H,2,5H2,1H3,(H,16,17).